The first-order valence-corrected chi connectivity index (χ1v) is 10.6. The van der Waals surface area contributed by atoms with Gasteiger partial charge in [0.25, 0.3) is 5.56 Å². The summed E-state index contributed by atoms with van der Waals surface area (Å²) < 4.78 is 9.54. The molecular weight excluding hydrogens is 400 g/mol. The van der Waals surface area contributed by atoms with Crippen LogP contribution in [0.5, 0.6) is 0 Å². The first kappa shape index (κ1) is 22.6. The summed E-state index contributed by atoms with van der Waals surface area (Å²) >= 11 is 0. The number of aryl methyl sites for hydroxylation is 1. The van der Waals surface area contributed by atoms with Crippen LogP contribution in [0.1, 0.15) is 33.6 Å². The quantitative estimate of drug-likeness (QED) is 0.664. The minimum atomic E-state index is -0.408. The van der Waals surface area contributed by atoms with Crippen molar-refractivity contribution in [2.75, 3.05) is 31.6 Å². The Morgan fingerprint density at radius 1 is 1.26 bits per heavy atom. The number of fused-ring (bicyclic) bond motifs is 1. The molecule has 170 valence electrons. The largest absolute Gasteiger partial charge is 0.450 e. The molecule has 1 aliphatic rings. The van der Waals surface area contributed by atoms with Crippen LogP contribution in [0.25, 0.3) is 11.2 Å². The number of allylic oxidation sites excluding steroid dienone is 2. The molecule has 0 aromatic carbocycles. The minimum absolute atomic E-state index is 0.0313. The van der Waals surface area contributed by atoms with Gasteiger partial charge in [0.2, 0.25) is 5.95 Å². The summed E-state index contributed by atoms with van der Waals surface area (Å²) in [5, 5.41) is 0. The number of hydrogen-bond donors (Lipinski definition) is 0. The summed E-state index contributed by atoms with van der Waals surface area (Å²) in [4.78, 5) is 46.1. The Balaban J connectivity index is 2.09. The number of rotatable bonds is 5. The molecule has 1 amide bonds. The summed E-state index contributed by atoms with van der Waals surface area (Å²) in [6.45, 7) is 7.90. The van der Waals surface area contributed by atoms with E-state index in [1.54, 1.807) is 25.9 Å². The minimum Gasteiger partial charge on any atom is -0.450 e. The number of anilines is 1. The van der Waals surface area contributed by atoms with Crippen molar-refractivity contribution in [1.29, 1.82) is 0 Å². The Kier molecular flexibility index (Phi) is 6.56. The molecule has 2 aromatic rings. The first-order valence-electron chi connectivity index (χ1n) is 10.6. The van der Waals surface area contributed by atoms with Crippen LogP contribution in [0.2, 0.25) is 0 Å². The molecule has 3 rings (SSSR count). The molecule has 1 unspecified atom stereocenters. The summed E-state index contributed by atoms with van der Waals surface area (Å²) in [7, 11) is 4.85. The number of imidazole rings is 1. The van der Waals surface area contributed by atoms with Gasteiger partial charge in [0.15, 0.2) is 11.2 Å². The third-order valence-electron chi connectivity index (χ3n) is 5.79. The maximum atomic E-state index is 13.0. The number of likely N-dealkylation sites (N-methyl/N-ethyl adjacent to an activating group) is 1. The van der Waals surface area contributed by atoms with Crippen molar-refractivity contribution in [2.24, 2.45) is 14.1 Å². The van der Waals surface area contributed by atoms with Crippen molar-refractivity contribution in [3.05, 3.63) is 32.5 Å². The van der Waals surface area contributed by atoms with Crippen LogP contribution in [0, 0.1) is 0 Å². The molecule has 31 heavy (non-hydrogen) atoms. The van der Waals surface area contributed by atoms with Crippen LogP contribution in [-0.2, 0) is 25.4 Å². The lowest BCUT2D eigenvalue weighted by atomic mass is 10.1. The van der Waals surface area contributed by atoms with Gasteiger partial charge in [0, 0.05) is 40.8 Å². The molecule has 0 radical (unpaired) electrons. The molecule has 0 N–H and O–H groups in total. The van der Waals surface area contributed by atoms with E-state index in [1.807, 2.05) is 24.5 Å². The van der Waals surface area contributed by atoms with E-state index in [2.05, 4.69) is 4.90 Å². The zero-order valence-electron chi connectivity index (χ0n) is 19.2. The summed E-state index contributed by atoms with van der Waals surface area (Å²) in [6, 6.07) is -0.0313. The normalized spacial score (nSPS) is 16.5. The fraction of sp³-hybridized carbons (Fsp3) is 0.619. The number of hydrogen-bond acceptors (Lipinski definition) is 6. The van der Waals surface area contributed by atoms with Gasteiger partial charge in [-0.2, -0.15) is 4.98 Å². The van der Waals surface area contributed by atoms with Gasteiger partial charge in [0.1, 0.15) is 0 Å². The van der Waals surface area contributed by atoms with E-state index in [9.17, 15) is 14.4 Å². The molecule has 1 aliphatic heterocycles. The van der Waals surface area contributed by atoms with E-state index < -0.39 is 5.69 Å². The lowest BCUT2D eigenvalue weighted by molar-refractivity contribution is 0.0979. The third kappa shape index (κ3) is 4.24. The van der Waals surface area contributed by atoms with Crippen molar-refractivity contribution in [3.63, 3.8) is 0 Å². The van der Waals surface area contributed by atoms with Crippen molar-refractivity contribution < 1.29 is 9.53 Å². The first-order chi connectivity index (χ1) is 14.7. The molecule has 10 heteroatoms. The molecule has 0 saturated carbocycles. The van der Waals surface area contributed by atoms with Crippen LogP contribution < -0.4 is 16.1 Å². The van der Waals surface area contributed by atoms with Gasteiger partial charge < -0.3 is 19.1 Å². The maximum Gasteiger partial charge on any atom is 0.409 e. The molecule has 2 aromatic heterocycles. The predicted octanol–water partition coefficient (Wildman–Crippen LogP) is 1.46. The number of nitrogens with zero attached hydrogens (tertiary/aromatic N) is 6. The van der Waals surface area contributed by atoms with E-state index in [0.717, 1.165) is 29.5 Å². The maximum absolute atomic E-state index is 13.0. The number of carbonyl (C=O) groups excluding carboxylic acids is 1. The average Bonchev–Trinajstić information content (AvgIpc) is 3.14. The highest BCUT2D eigenvalue weighted by atomic mass is 16.6. The fourth-order valence-corrected chi connectivity index (χ4v) is 3.95. The Bertz CT molecular complexity index is 1120. The van der Waals surface area contributed by atoms with Crippen LogP contribution in [0.15, 0.2) is 21.2 Å². The van der Waals surface area contributed by atoms with Gasteiger partial charge in [-0.05, 0) is 33.6 Å². The highest BCUT2D eigenvalue weighted by molar-refractivity contribution is 5.75. The standard InChI is InChI=1S/C21H32N6O4/c1-7-31-21(30)23(4)15-9-8-11-26(13-15)19-22-17-16(27(19)12-10-14(2)3)18(28)25(6)20(29)24(17)5/h10,15H,7-9,11-13H2,1-6H3. The molecule has 0 aliphatic carbocycles. The van der Waals surface area contributed by atoms with E-state index in [4.69, 9.17) is 9.72 Å². The fourth-order valence-electron chi connectivity index (χ4n) is 3.95. The number of ether oxygens (including phenoxy) is 1. The number of piperidine rings is 1. The van der Waals surface area contributed by atoms with E-state index in [-0.39, 0.29) is 17.7 Å². The topological polar surface area (TPSA) is 94.6 Å². The average molecular weight is 433 g/mol. The smallest absolute Gasteiger partial charge is 0.409 e. The predicted molar refractivity (Wildman–Crippen MR) is 120 cm³/mol. The van der Waals surface area contributed by atoms with Crippen LogP contribution in [-0.4, -0.2) is 62.5 Å². The number of aromatic nitrogens is 4. The van der Waals surface area contributed by atoms with Crippen LogP contribution in [0.3, 0.4) is 0 Å². The SMILES string of the molecule is CCOC(=O)N(C)C1CCCN(c2nc3c(c(=O)n(C)c(=O)n3C)n2CC=C(C)C)C1. The Morgan fingerprint density at radius 2 is 1.97 bits per heavy atom. The molecule has 0 bridgehead atoms. The molecule has 1 fully saturated rings. The van der Waals surface area contributed by atoms with Gasteiger partial charge in [-0.25, -0.2) is 9.59 Å². The van der Waals surface area contributed by atoms with Crippen molar-refractivity contribution in [2.45, 2.75) is 46.2 Å². The Labute approximate surface area is 181 Å². The second kappa shape index (κ2) is 8.99. The number of carbonyl (C=O) groups is 1. The van der Waals surface area contributed by atoms with Gasteiger partial charge in [-0.1, -0.05) is 11.6 Å². The van der Waals surface area contributed by atoms with Crippen molar-refractivity contribution >= 4 is 23.2 Å². The lowest BCUT2D eigenvalue weighted by Crippen LogP contribution is -2.49. The highest BCUT2D eigenvalue weighted by Gasteiger charge is 2.30. The zero-order valence-corrected chi connectivity index (χ0v) is 19.2. The van der Waals surface area contributed by atoms with E-state index in [1.165, 1.54) is 11.6 Å². The summed E-state index contributed by atoms with van der Waals surface area (Å²) in [5.41, 5.74) is 1.11. The van der Waals surface area contributed by atoms with Gasteiger partial charge >= 0.3 is 11.8 Å². The van der Waals surface area contributed by atoms with Crippen LogP contribution >= 0.6 is 0 Å². The molecule has 1 saturated heterocycles. The monoisotopic (exact) mass is 432 g/mol. The second-order valence-electron chi connectivity index (χ2n) is 8.23. The van der Waals surface area contributed by atoms with Gasteiger partial charge in [0.05, 0.1) is 12.6 Å². The summed E-state index contributed by atoms with van der Waals surface area (Å²) in [6.07, 6.45) is 3.42. The highest BCUT2D eigenvalue weighted by Crippen LogP contribution is 2.25. The molecule has 1 atom stereocenters. The van der Waals surface area contributed by atoms with Gasteiger partial charge in [-0.3, -0.25) is 13.9 Å². The summed E-state index contributed by atoms with van der Waals surface area (Å²) in [5.74, 6) is 0.632. The number of amides is 1. The molecule has 10 nitrogen and oxygen atoms in total. The Hall–Kier alpha value is -3.04. The van der Waals surface area contributed by atoms with Crippen molar-refractivity contribution in [3.8, 4) is 0 Å². The third-order valence-corrected chi connectivity index (χ3v) is 5.79. The Morgan fingerprint density at radius 3 is 2.61 bits per heavy atom. The van der Waals surface area contributed by atoms with Crippen LogP contribution in [0.4, 0.5) is 10.7 Å². The van der Waals surface area contributed by atoms with E-state index in [0.29, 0.717) is 36.8 Å². The zero-order chi connectivity index (χ0) is 22.9. The molecule has 0 spiro atoms. The lowest BCUT2D eigenvalue weighted by Gasteiger charge is -2.37. The molecular formula is C21H32N6O4. The van der Waals surface area contributed by atoms with Crippen molar-refractivity contribution in [1.82, 2.24) is 23.6 Å². The second-order valence-corrected chi connectivity index (χ2v) is 8.23. The van der Waals surface area contributed by atoms with Gasteiger partial charge in [-0.15, -0.1) is 0 Å². The molecule has 3 heterocycles. The van der Waals surface area contributed by atoms with E-state index >= 15 is 0 Å².